The molecule has 2 aromatic carbocycles. The summed E-state index contributed by atoms with van der Waals surface area (Å²) >= 11 is 0. The molecule has 0 heterocycles. The maximum Gasteiger partial charge on any atom is 0.328 e. The molecule has 0 saturated carbocycles. The van der Waals surface area contributed by atoms with Crippen LogP contribution in [-0.4, -0.2) is 86.0 Å². The standard InChI is InChI=1S/C19H24N2O6.C13H15NO4.C3H6O/c1-13(22)20-15(18(24)26-2)11-7-8-12-16(19(25)27-3)21-17(23)14-9-5-4-6-10-14;1-18-13(17)11(8-5-9-15)14-12(16)10-6-3-2-4-7-10;1-3(2)4/h4-10,15-16H,11-12H2,1-3H3,(H,20,22)(H,21,23);2-7,9,11,15H,8H2,1H3,(H,14,16);1-2H3/t15-,16-;11-;/m00./s1. The van der Waals surface area contributed by atoms with E-state index in [1.807, 2.05) is 0 Å². The molecule has 266 valence electrons. The fourth-order valence-corrected chi connectivity index (χ4v) is 3.64. The summed E-state index contributed by atoms with van der Waals surface area (Å²) in [5.74, 6) is -2.67. The Morgan fingerprint density at radius 3 is 1.16 bits per heavy atom. The molecule has 0 radical (unpaired) electrons. The van der Waals surface area contributed by atoms with E-state index in [0.717, 1.165) is 6.26 Å². The number of hydrogen-bond acceptors (Lipinski definition) is 11. The van der Waals surface area contributed by atoms with Crippen molar-refractivity contribution in [3.8, 4) is 0 Å². The van der Waals surface area contributed by atoms with Crippen LogP contribution in [0.3, 0.4) is 0 Å². The number of methoxy groups -OCH3 is 3. The number of carbonyl (C=O) groups excluding carboxylic acids is 7. The summed E-state index contributed by atoms with van der Waals surface area (Å²) in [7, 11) is 3.71. The highest BCUT2D eigenvalue weighted by atomic mass is 16.5. The molecule has 0 aromatic heterocycles. The lowest BCUT2D eigenvalue weighted by molar-refractivity contribution is -0.145. The third-order valence-corrected chi connectivity index (χ3v) is 5.90. The van der Waals surface area contributed by atoms with E-state index in [1.165, 1.54) is 48.2 Å². The third kappa shape index (κ3) is 19.5. The normalized spacial score (nSPS) is 12.0. The molecule has 2 aromatic rings. The number of aliphatic hydroxyl groups excluding tert-OH is 1. The molecule has 0 unspecified atom stereocenters. The largest absolute Gasteiger partial charge is 0.516 e. The highest BCUT2D eigenvalue weighted by Gasteiger charge is 2.22. The Labute approximate surface area is 285 Å². The van der Waals surface area contributed by atoms with Gasteiger partial charge in [-0.25, -0.2) is 14.4 Å². The van der Waals surface area contributed by atoms with Crippen LogP contribution in [0.4, 0.5) is 0 Å². The van der Waals surface area contributed by atoms with Gasteiger partial charge in [-0.15, -0.1) is 0 Å². The van der Waals surface area contributed by atoms with Gasteiger partial charge in [0.1, 0.15) is 23.9 Å². The maximum atomic E-state index is 12.2. The second-order valence-electron chi connectivity index (χ2n) is 10.1. The van der Waals surface area contributed by atoms with Crippen LogP contribution in [-0.2, 0) is 38.2 Å². The molecular weight excluding hydrogens is 638 g/mol. The summed E-state index contributed by atoms with van der Waals surface area (Å²) in [6.07, 6.45) is 5.97. The average molecular weight is 684 g/mol. The Hall–Kier alpha value is -5.79. The Balaban J connectivity index is 0.000000900. The summed E-state index contributed by atoms with van der Waals surface area (Å²) in [5.41, 5.74) is 0.881. The van der Waals surface area contributed by atoms with Crippen molar-refractivity contribution in [3.63, 3.8) is 0 Å². The molecule has 0 saturated heterocycles. The number of ketones is 1. The maximum absolute atomic E-state index is 12.2. The predicted octanol–water partition coefficient (Wildman–Crippen LogP) is 2.99. The fraction of sp³-hybridized carbons (Fsp3) is 0.343. The lowest BCUT2D eigenvalue weighted by Gasteiger charge is -2.15. The van der Waals surface area contributed by atoms with E-state index in [-0.39, 0.29) is 36.9 Å². The van der Waals surface area contributed by atoms with Crippen LogP contribution < -0.4 is 16.0 Å². The van der Waals surface area contributed by atoms with Crippen molar-refractivity contribution in [2.75, 3.05) is 21.3 Å². The van der Waals surface area contributed by atoms with Crippen molar-refractivity contribution in [2.45, 2.75) is 58.2 Å². The first kappa shape index (κ1) is 43.2. The van der Waals surface area contributed by atoms with Gasteiger partial charge in [0.2, 0.25) is 5.91 Å². The van der Waals surface area contributed by atoms with Crippen LogP contribution in [0.2, 0.25) is 0 Å². The van der Waals surface area contributed by atoms with Crippen LogP contribution in [0.15, 0.2) is 85.2 Å². The Bertz CT molecular complexity index is 1410. The molecule has 4 N–H and O–H groups in total. The van der Waals surface area contributed by atoms with Crippen LogP contribution >= 0.6 is 0 Å². The van der Waals surface area contributed by atoms with Gasteiger partial charge >= 0.3 is 17.9 Å². The lowest BCUT2D eigenvalue weighted by Crippen LogP contribution is -2.41. The molecule has 3 amide bonds. The number of ether oxygens (including phenoxy) is 3. The zero-order valence-electron chi connectivity index (χ0n) is 28.5. The van der Waals surface area contributed by atoms with Crippen LogP contribution in [0.1, 0.15) is 60.7 Å². The van der Waals surface area contributed by atoms with E-state index in [1.54, 1.807) is 72.8 Å². The van der Waals surface area contributed by atoms with Gasteiger partial charge in [-0.3, -0.25) is 14.4 Å². The minimum atomic E-state index is -0.878. The summed E-state index contributed by atoms with van der Waals surface area (Å²) in [6, 6.07) is 14.5. The van der Waals surface area contributed by atoms with Gasteiger partial charge in [0, 0.05) is 18.1 Å². The number of Topliss-reactive ketones (excluding diaryl/α,β-unsaturated/α-hetero) is 1. The fourth-order valence-electron chi connectivity index (χ4n) is 3.64. The van der Waals surface area contributed by atoms with Gasteiger partial charge in [-0.2, -0.15) is 0 Å². The quantitative estimate of drug-likeness (QED) is 0.0986. The van der Waals surface area contributed by atoms with Gasteiger partial charge < -0.3 is 40.1 Å². The van der Waals surface area contributed by atoms with Crippen molar-refractivity contribution in [1.29, 1.82) is 0 Å². The van der Waals surface area contributed by atoms with Gasteiger partial charge in [-0.05, 0) is 63.5 Å². The summed E-state index contributed by atoms with van der Waals surface area (Å²) < 4.78 is 13.9. The van der Waals surface area contributed by atoms with Crippen LogP contribution in [0.5, 0.6) is 0 Å². The second-order valence-corrected chi connectivity index (χ2v) is 10.1. The summed E-state index contributed by atoms with van der Waals surface area (Å²) in [5, 5.41) is 16.2. The number of hydrogen-bond donors (Lipinski definition) is 4. The molecule has 14 heteroatoms. The van der Waals surface area contributed by atoms with Gasteiger partial charge in [0.25, 0.3) is 11.8 Å². The molecule has 49 heavy (non-hydrogen) atoms. The van der Waals surface area contributed by atoms with E-state index < -0.39 is 41.9 Å². The SMILES string of the molecule is CC(C)=O.COC(=O)[C@H](CC=CC[C@H](NC(=O)c1ccccc1)C(=O)OC)NC(C)=O.COC(=O)[C@H](CC=CO)NC(=O)c1ccccc1. The van der Waals surface area contributed by atoms with E-state index >= 15 is 0 Å². The first-order valence-electron chi connectivity index (χ1n) is 14.9. The smallest absolute Gasteiger partial charge is 0.328 e. The highest BCUT2D eigenvalue weighted by molar-refractivity contribution is 5.97. The zero-order chi connectivity index (χ0) is 37.2. The van der Waals surface area contributed by atoms with Crippen molar-refractivity contribution >= 4 is 41.4 Å². The molecule has 0 aliphatic heterocycles. The van der Waals surface area contributed by atoms with Crippen molar-refractivity contribution in [3.05, 3.63) is 96.3 Å². The number of esters is 3. The average Bonchev–Trinajstić information content (AvgIpc) is 3.10. The first-order chi connectivity index (χ1) is 23.3. The molecule has 0 fully saturated rings. The van der Waals surface area contributed by atoms with E-state index in [0.29, 0.717) is 11.1 Å². The van der Waals surface area contributed by atoms with Gasteiger partial charge in [0.15, 0.2) is 0 Å². The predicted molar refractivity (Wildman–Crippen MR) is 180 cm³/mol. The molecular formula is C35H45N3O11. The first-order valence-corrected chi connectivity index (χ1v) is 14.9. The second kappa shape index (κ2) is 25.3. The number of carbonyl (C=O) groups is 7. The van der Waals surface area contributed by atoms with Gasteiger partial charge in [-0.1, -0.05) is 48.6 Å². The minimum Gasteiger partial charge on any atom is -0.516 e. The number of amides is 3. The number of rotatable bonds is 14. The number of nitrogens with one attached hydrogen (secondary N) is 3. The Morgan fingerprint density at radius 1 is 0.571 bits per heavy atom. The topological polar surface area (TPSA) is 203 Å². The molecule has 0 aliphatic rings. The van der Waals surface area contributed by atoms with Crippen LogP contribution in [0, 0.1) is 0 Å². The van der Waals surface area contributed by atoms with Crippen LogP contribution in [0.25, 0.3) is 0 Å². The molecule has 0 bridgehead atoms. The van der Waals surface area contributed by atoms with Crippen molar-refractivity contribution < 1.29 is 52.9 Å². The van der Waals surface area contributed by atoms with Crippen molar-refractivity contribution in [2.24, 2.45) is 0 Å². The monoisotopic (exact) mass is 683 g/mol. The van der Waals surface area contributed by atoms with E-state index in [2.05, 4.69) is 25.4 Å². The number of benzene rings is 2. The number of aliphatic hydroxyl groups is 1. The van der Waals surface area contributed by atoms with Crippen molar-refractivity contribution in [1.82, 2.24) is 16.0 Å². The zero-order valence-corrected chi connectivity index (χ0v) is 28.5. The highest BCUT2D eigenvalue weighted by Crippen LogP contribution is 2.05. The Morgan fingerprint density at radius 2 is 0.878 bits per heavy atom. The molecule has 3 atom stereocenters. The minimum absolute atomic E-state index is 0.166. The lowest BCUT2D eigenvalue weighted by atomic mass is 10.1. The van der Waals surface area contributed by atoms with Gasteiger partial charge in [0.05, 0.1) is 27.6 Å². The molecule has 0 aliphatic carbocycles. The molecule has 0 spiro atoms. The van der Waals surface area contributed by atoms with E-state index in [4.69, 9.17) is 9.84 Å². The third-order valence-electron chi connectivity index (χ3n) is 5.90. The Kier molecular flexibility index (Phi) is 22.3. The summed E-state index contributed by atoms with van der Waals surface area (Å²) in [6.45, 7) is 4.35. The summed E-state index contributed by atoms with van der Waals surface area (Å²) in [4.78, 5) is 79.6. The van der Waals surface area contributed by atoms with E-state index in [9.17, 15) is 33.6 Å². The molecule has 2 rings (SSSR count). The molecule has 14 nitrogen and oxygen atoms in total.